The molecule has 0 fully saturated rings. The number of nitrogens with one attached hydrogen (secondary N) is 1. The topological polar surface area (TPSA) is 51.5 Å². The van der Waals surface area contributed by atoms with Crippen molar-refractivity contribution in [1.29, 1.82) is 0 Å². The van der Waals surface area contributed by atoms with Gasteiger partial charge in [0.2, 0.25) is 5.91 Å². The van der Waals surface area contributed by atoms with Crippen LogP contribution in [0.4, 0.5) is 13.2 Å². The summed E-state index contributed by atoms with van der Waals surface area (Å²) in [6, 6.07) is 3.90. The number of carbonyl (C=O) groups excluding carboxylic acids is 1. The molecule has 24 heavy (non-hydrogen) atoms. The predicted molar refractivity (Wildman–Crippen MR) is 83.9 cm³/mol. The van der Waals surface area contributed by atoms with Crippen molar-refractivity contribution in [2.45, 2.75) is 32.9 Å². The van der Waals surface area contributed by atoms with Gasteiger partial charge in [-0.25, -0.2) is 0 Å². The lowest BCUT2D eigenvalue weighted by molar-refractivity contribution is -0.174. The molecule has 1 amide bonds. The van der Waals surface area contributed by atoms with E-state index >= 15 is 0 Å². The highest BCUT2D eigenvalue weighted by molar-refractivity contribution is 5.89. The predicted octanol–water partition coefficient (Wildman–Crippen LogP) is 3.68. The van der Waals surface area contributed by atoms with Gasteiger partial charge >= 0.3 is 6.18 Å². The zero-order valence-corrected chi connectivity index (χ0v) is 13.6. The third-order valence-corrected chi connectivity index (χ3v) is 3.75. The van der Waals surface area contributed by atoms with Gasteiger partial charge in [0.15, 0.2) is 0 Å². The van der Waals surface area contributed by atoms with Crippen molar-refractivity contribution >= 4 is 16.9 Å². The Labute approximate surface area is 138 Å². The standard InChI is InChI=1S/C17H20F3NO3/c1-11-4-5-14-13(9-24-16(14)12(11)2)8-15(22)21-6-3-7-23-10-17(18,19)20/h4-5,9H,3,6-8,10H2,1-2H3,(H,21,22). The van der Waals surface area contributed by atoms with Crippen LogP contribution < -0.4 is 5.32 Å². The molecule has 0 atom stereocenters. The Hall–Kier alpha value is -2.02. The number of halogens is 3. The largest absolute Gasteiger partial charge is 0.464 e. The van der Waals surface area contributed by atoms with E-state index in [2.05, 4.69) is 10.1 Å². The number of aryl methyl sites for hydroxylation is 2. The first-order valence-corrected chi connectivity index (χ1v) is 7.65. The molecule has 2 rings (SSSR count). The first-order valence-electron chi connectivity index (χ1n) is 7.65. The Morgan fingerprint density at radius 1 is 1.29 bits per heavy atom. The first kappa shape index (κ1) is 18.3. The molecule has 1 N–H and O–H groups in total. The molecule has 0 aliphatic heterocycles. The van der Waals surface area contributed by atoms with E-state index < -0.39 is 12.8 Å². The van der Waals surface area contributed by atoms with Crippen molar-refractivity contribution in [2.24, 2.45) is 0 Å². The summed E-state index contributed by atoms with van der Waals surface area (Å²) in [6.45, 7) is 2.91. The van der Waals surface area contributed by atoms with E-state index in [0.717, 1.165) is 27.7 Å². The molecule has 0 bridgehead atoms. The summed E-state index contributed by atoms with van der Waals surface area (Å²) in [4.78, 5) is 11.9. The average Bonchev–Trinajstić information content (AvgIpc) is 2.89. The number of alkyl halides is 3. The van der Waals surface area contributed by atoms with E-state index in [0.29, 0.717) is 6.42 Å². The molecule has 132 valence electrons. The molecule has 0 aliphatic carbocycles. The fourth-order valence-electron chi connectivity index (χ4n) is 2.35. The second-order valence-corrected chi connectivity index (χ2v) is 5.69. The Morgan fingerprint density at radius 3 is 2.75 bits per heavy atom. The van der Waals surface area contributed by atoms with Crippen molar-refractivity contribution in [3.8, 4) is 0 Å². The molecule has 1 heterocycles. The van der Waals surface area contributed by atoms with Crippen molar-refractivity contribution in [1.82, 2.24) is 5.32 Å². The van der Waals surface area contributed by atoms with Gasteiger partial charge in [-0.2, -0.15) is 13.2 Å². The lowest BCUT2D eigenvalue weighted by atomic mass is 10.0. The van der Waals surface area contributed by atoms with Crippen LogP contribution in [0, 0.1) is 13.8 Å². The SMILES string of the molecule is Cc1ccc2c(CC(=O)NCCCOCC(F)(F)F)coc2c1C. The monoisotopic (exact) mass is 343 g/mol. The number of carbonyl (C=O) groups is 1. The van der Waals surface area contributed by atoms with Gasteiger partial charge in [-0.15, -0.1) is 0 Å². The van der Waals surface area contributed by atoms with Gasteiger partial charge in [0, 0.05) is 24.1 Å². The van der Waals surface area contributed by atoms with Gasteiger partial charge in [-0.1, -0.05) is 12.1 Å². The molecule has 7 heteroatoms. The number of hydrogen-bond donors (Lipinski definition) is 1. The molecular formula is C17H20F3NO3. The van der Waals surface area contributed by atoms with Gasteiger partial charge in [0.25, 0.3) is 0 Å². The van der Waals surface area contributed by atoms with E-state index in [1.807, 2.05) is 26.0 Å². The van der Waals surface area contributed by atoms with Crippen LogP contribution in [0.3, 0.4) is 0 Å². The second kappa shape index (κ2) is 7.70. The lowest BCUT2D eigenvalue weighted by Gasteiger charge is -2.08. The molecular weight excluding hydrogens is 323 g/mol. The van der Waals surface area contributed by atoms with Gasteiger partial charge in [-0.05, 0) is 31.4 Å². The molecule has 4 nitrogen and oxygen atoms in total. The maximum atomic E-state index is 11.9. The van der Waals surface area contributed by atoms with Gasteiger partial charge in [0.1, 0.15) is 12.2 Å². The number of hydrogen-bond acceptors (Lipinski definition) is 3. The number of fused-ring (bicyclic) bond motifs is 1. The van der Waals surface area contributed by atoms with E-state index in [9.17, 15) is 18.0 Å². The normalized spacial score (nSPS) is 11.9. The summed E-state index contributed by atoms with van der Waals surface area (Å²) in [5.41, 5.74) is 3.73. The number of ether oxygens (including phenoxy) is 1. The second-order valence-electron chi connectivity index (χ2n) is 5.69. The number of benzene rings is 1. The highest BCUT2D eigenvalue weighted by atomic mass is 19.4. The zero-order valence-electron chi connectivity index (χ0n) is 13.6. The van der Waals surface area contributed by atoms with Crippen LogP contribution in [0.25, 0.3) is 11.0 Å². The van der Waals surface area contributed by atoms with Crippen LogP contribution in [0.2, 0.25) is 0 Å². The summed E-state index contributed by atoms with van der Waals surface area (Å²) in [5, 5.41) is 3.57. The van der Waals surface area contributed by atoms with Crippen molar-refractivity contribution in [3.63, 3.8) is 0 Å². The highest BCUT2D eigenvalue weighted by Gasteiger charge is 2.27. The molecule has 1 aromatic carbocycles. The first-order chi connectivity index (χ1) is 11.3. The summed E-state index contributed by atoms with van der Waals surface area (Å²) < 4.78 is 45.7. The fourth-order valence-corrected chi connectivity index (χ4v) is 2.35. The van der Waals surface area contributed by atoms with E-state index in [-0.39, 0.29) is 25.5 Å². The molecule has 1 aromatic heterocycles. The summed E-state index contributed by atoms with van der Waals surface area (Å²) >= 11 is 0. The van der Waals surface area contributed by atoms with Crippen LogP contribution in [0.1, 0.15) is 23.1 Å². The van der Waals surface area contributed by atoms with Crippen LogP contribution in [-0.4, -0.2) is 31.8 Å². The number of rotatable bonds is 7. The minimum atomic E-state index is -4.32. The van der Waals surface area contributed by atoms with Crippen LogP contribution >= 0.6 is 0 Å². The maximum Gasteiger partial charge on any atom is 0.411 e. The molecule has 2 aromatic rings. The van der Waals surface area contributed by atoms with Crippen molar-refractivity contribution in [3.05, 3.63) is 35.1 Å². The fraction of sp³-hybridized carbons (Fsp3) is 0.471. The minimum Gasteiger partial charge on any atom is -0.464 e. The van der Waals surface area contributed by atoms with Crippen LogP contribution in [-0.2, 0) is 16.0 Å². The highest BCUT2D eigenvalue weighted by Crippen LogP contribution is 2.26. The lowest BCUT2D eigenvalue weighted by Crippen LogP contribution is -2.27. The molecule has 0 spiro atoms. The van der Waals surface area contributed by atoms with E-state index in [1.54, 1.807) is 6.26 Å². The van der Waals surface area contributed by atoms with Crippen LogP contribution in [0.15, 0.2) is 22.8 Å². The summed E-state index contributed by atoms with van der Waals surface area (Å²) in [6.07, 6.45) is -2.25. The quantitative estimate of drug-likeness (QED) is 0.781. The maximum absolute atomic E-state index is 11.9. The van der Waals surface area contributed by atoms with Crippen molar-refractivity contribution < 1.29 is 27.1 Å². The third-order valence-electron chi connectivity index (χ3n) is 3.75. The van der Waals surface area contributed by atoms with Gasteiger partial charge < -0.3 is 14.5 Å². The van der Waals surface area contributed by atoms with E-state index in [4.69, 9.17) is 4.42 Å². The number of furan rings is 1. The number of amides is 1. The van der Waals surface area contributed by atoms with Gasteiger partial charge in [-0.3, -0.25) is 4.79 Å². The Balaban J connectivity index is 1.78. The molecule has 0 saturated carbocycles. The molecule has 0 radical (unpaired) electrons. The molecule has 0 unspecified atom stereocenters. The molecule has 0 saturated heterocycles. The van der Waals surface area contributed by atoms with Gasteiger partial charge in [0.05, 0.1) is 12.7 Å². The Morgan fingerprint density at radius 2 is 2.04 bits per heavy atom. The van der Waals surface area contributed by atoms with E-state index in [1.165, 1.54) is 0 Å². The Kier molecular flexibility index (Phi) is 5.88. The molecule has 0 aliphatic rings. The third kappa shape index (κ3) is 4.99. The minimum absolute atomic E-state index is 0.0487. The zero-order chi connectivity index (χ0) is 17.7. The average molecular weight is 343 g/mol. The van der Waals surface area contributed by atoms with Crippen LogP contribution in [0.5, 0.6) is 0 Å². The summed E-state index contributed by atoms with van der Waals surface area (Å²) in [5.74, 6) is -0.202. The Bertz CT molecular complexity index is 707. The smallest absolute Gasteiger partial charge is 0.411 e. The van der Waals surface area contributed by atoms with Crippen molar-refractivity contribution in [2.75, 3.05) is 19.8 Å². The summed E-state index contributed by atoms with van der Waals surface area (Å²) in [7, 11) is 0.